The first-order chi connectivity index (χ1) is 9.19. The van der Waals surface area contributed by atoms with Crippen LogP contribution in [0.25, 0.3) is 0 Å². The molecule has 1 aromatic heterocycles. The van der Waals surface area contributed by atoms with Gasteiger partial charge in [-0.25, -0.2) is 0 Å². The van der Waals surface area contributed by atoms with E-state index < -0.39 is 0 Å². The van der Waals surface area contributed by atoms with Crippen molar-refractivity contribution in [3.63, 3.8) is 0 Å². The number of hydrogen-bond acceptors (Lipinski definition) is 3. The first-order valence-corrected chi connectivity index (χ1v) is 7.31. The molecule has 1 atom stereocenters. The third-order valence-electron chi connectivity index (χ3n) is 3.85. The van der Waals surface area contributed by atoms with Crippen molar-refractivity contribution in [2.75, 3.05) is 13.6 Å². The third-order valence-corrected chi connectivity index (χ3v) is 3.85. The molecule has 4 heteroatoms. The molecule has 1 saturated carbocycles. The maximum absolute atomic E-state index is 8.83. The molecule has 0 saturated heterocycles. The zero-order chi connectivity index (χ0) is 13.7. The highest BCUT2D eigenvalue weighted by molar-refractivity contribution is 5.00. The molecule has 0 N–H and O–H groups in total. The van der Waals surface area contributed by atoms with Gasteiger partial charge in [-0.1, -0.05) is 19.3 Å². The Morgan fingerprint density at radius 3 is 2.89 bits per heavy atom. The summed E-state index contributed by atoms with van der Waals surface area (Å²) in [5.74, 6) is 0.0745. The van der Waals surface area contributed by atoms with Crippen LogP contribution in [0.4, 0.5) is 0 Å². The second kappa shape index (κ2) is 6.72. The van der Waals surface area contributed by atoms with Gasteiger partial charge in [-0.3, -0.25) is 9.58 Å². The highest BCUT2D eigenvalue weighted by Gasteiger charge is 2.16. The molecular formula is C15H24N4. The SMILES string of the molecule is CC(C#N)CN(C)Cc1ccn(C2CCCCC2)n1. The normalized spacial score (nSPS) is 18.4. The first kappa shape index (κ1) is 14.1. The van der Waals surface area contributed by atoms with E-state index in [1.54, 1.807) is 0 Å². The van der Waals surface area contributed by atoms with Crippen LogP contribution in [0.3, 0.4) is 0 Å². The Labute approximate surface area is 116 Å². The summed E-state index contributed by atoms with van der Waals surface area (Å²) in [4.78, 5) is 2.17. The quantitative estimate of drug-likeness (QED) is 0.817. The van der Waals surface area contributed by atoms with E-state index in [1.807, 2.05) is 14.0 Å². The Hall–Kier alpha value is -1.34. The van der Waals surface area contributed by atoms with Crippen LogP contribution in [0.2, 0.25) is 0 Å². The molecule has 1 unspecified atom stereocenters. The fourth-order valence-electron chi connectivity index (χ4n) is 2.86. The molecule has 1 aliphatic carbocycles. The lowest BCUT2D eigenvalue weighted by Gasteiger charge is -2.22. The van der Waals surface area contributed by atoms with Crippen LogP contribution in [0.5, 0.6) is 0 Å². The highest BCUT2D eigenvalue weighted by atomic mass is 15.3. The van der Waals surface area contributed by atoms with Crippen LogP contribution in [0, 0.1) is 17.2 Å². The minimum atomic E-state index is 0.0745. The lowest BCUT2D eigenvalue weighted by Crippen LogP contribution is -2.23. The van der Waals surface area contributed by atoms with E-state index in [0.29, 0.717) is 6.04 Å². The predicted molar refractivity (Wildman–Crippen MR) is 75.5 cm³/mol. The van der Waals surface area contributed by atoms with E-state index in [4.69, 9.17) is 10.4 Å². The fourth-order valence-corrected chi connectivity index (χ4v) is 2.86. The van der Waals surface area contributed by atoms with Crippen molar-refractivity contribution in [1.29, 1.82) is 5.26 Å². The molecule has 19 heavy (non-hydrogen) atoms. The van der Waals surface area contributed by atoms with Crippen LogP contribution in [0.1, 0.15) is 50.8 Å². The van der Waals surface area contributed by atoms with Gasteiger partial charge in [0, 0.05) is 19.3 Å². The highest BCUT2D eigenvalue weighted by Crippen LogP contribution is 2.27. The van der Waals surface area contributed by atoms with E-state index in [1.165, 1.54) is 32.1 Å². The molecule has 0 aliphatic heterocycles. The molecule has 1 aromatic rings. The number of hydrogen-bond donors (Lipinski definition) is 0. The molecule has 2 rings (SSSR count). The second-order valence-corrected chi connectivity index (χ2v) is 5.81. The zero-order valence-electron chi connectivity index (χ0n) is 12.0. The van der Waals surface area contributed by atoms with E-state index in [-0.39, 0.29) is 5.92 Å². The summed E-state index contributed by atoms with van der Waals surface area (Å²) in [5, 5.41) is 13.5. The molecule has 0 aromatic carbocycles. The van der Waals surface area contributed by atoms with Crippen molar-refractivity contribution < 1.29 is 0 Å². The third kappa shape index (κ3) is 4.07. The van der Waals surface area contributed by atoms with E-state index >= 15 is 0 Å². The van der Waals surface area contributed by atoms with Crippen LogP contribution in [-0.4, -0.2) is 28.3 Å². The molecule has 0 bridgehead atoms. The van der Waals surface area contributed by atoms with Gasteiger partial charge in [-0.15, -0.1) is 0 Å². The Kier molecular flexibility index (Phi) is 4.98. The van der Waals surface area contributed by atoms with Gasteiger partial charge >= 0.3 is 0 Å². The monoisotopic (exact) mass is 260 g/mol. The standard InChI is InChI=1S/C15H24N4/c1-13(10-16)11-18(2)12-14-8-9-19(17-14)15-6-4-3-5-7-15/h8-9,13,15H,3-7,11-12H2,1-2H3. The van der Waals surface area contributed by atoms with Crippen molar-refractivity contribution in [2.24, 2.45) is 5.92 Å². The van der Waals surface area contributed by atoms with Crippen molar-refractivity contribution in [3.8, 4) is 6.07 Å². The summed E-state index contributed by atoms with van der Waals surface area (Å²) >= 11 is 0. The largest absolute Gasteiger partial charge is 0.299 e. The lowest BCUT2D eigenvalue weighted by molar-refractivity contribution is 0.292. The van der Waals surface area contributed by atoms with E-state index in [2.05, 4.69) is 27.9 Å². The van der Waals surface area contributed by atoms with Gasteiger partial charge in [-0.05, 0) is 32.9 Å². The minimum absolute atomic E-state index is 0.0745. The summed E-state index contributed by atoms with van der Waals surface area (Å²) in [6, 6.07) is 4.99. The van der Waals surface area contributed by atoms with Gasteiger partial charge in [0.1, 0.15) is 0 Å². The summed E-state index contributed by atoms with van der Waals surface area (Å²) in [7, 11) is 2.05. The summed E-state index contributed by atoms with van der Waals surface area (Å²) in [6.07, 6.45) is 8.69. The summed E-state index contributed by atoms with van der Waals surface area (Å²) < 4.78 is 2.15. The Balaban J connectivity index is 1.88. The zero-order valence-corrected chi connectivity index (χ0v) is 12.0. The number of aromatic nitrogens is 2. The maximum Gasteiger partial charge on any atom is 0.0764 e. The van der Waals surface area contributed by atoms with Crippen molar-refractivity contribution in [3.05, 3.63) is 18.0 Å². The molecular weight excluding hydrogens is 236 g/mol. The second-order valence-electron chi connectivity index (χ2n) is 5.81. The Morgan fingerprint density at radius 1 is 1.47 bits per heavy atom. The molecule has 1 aliphatic rings. The fraction of sp³-hybridized carbons (Fsp3) is 0.733. The molecule has 0 amide bonds. The van der Waals surface area contributed by atoms with Gasteiger partial charge < -0.3 is 0 Å². The Bertz CT molecular complexity index is 426. The van der Waals surface area contributed by atoms with Gasteiger partial charge in [0.2, 0.25) is 0 Å². The molecule has 0 radical (unpaired) electrons. The van der Waals surface area contributed by atoms with Crippen LogP contribution >= 0.6 is 0 Å². The molecule has 1 fully saturated rings. The van der Waals surface area contributed by atoms with Crippen LogP contribution in [0.15, 0.2) is 12.3 Å². The van der Waals surface area contributed by atoms with Crippen molar-refractivity contribution in [1.82, 2.24) is 14.7 Å². The number of nitriles is 1. The molecule has 4 nitrogen and oxygen atoms in total. The van der Waals surface area contributed by atoms with E-state index in [9.17, 15) is 0 Å². The lowest BCUT2D eigenvalue weighted by atomic mass is 9.96. The first-order valence-electron chi connectivity index (χ1n) is 7.31. The predicted octanol–water partition coefficient (Wildman–Crippen LogP) is 2.98. The molecule has 104 valence electrons. The summed E-state index contributed by atoms with van der Waals surface area (Å²) in [6.45, 7) is 3.58. The van der Waals surface area contributed by atoms with Gasteiger partial charge in [-0.2, -0.15) is 10.4 Å². The topological polar surface area (TPSA) is 44.9 Å². The van der Waals surface area contributed by atoms with Gasteiger partial charge in [0.25, 0.3) is 0 Å². The minimum Gasteiger partial charge on any atom is -0.299 e. The van der Waals surface area contributed by atoms with E-state index in [0.717, 1.165) is 18.8 Å². The molecule has 0 spiro atoms. The average Bonchev–Trinajstić information content (AvgIpc) is 2.88. The van der Waals surface area contributed by atoms with Crippen molar-refractivity contribution >= 4 is 0 Å². The average molecular weight is 260 g/mol. The van der Waals surface area contributed by atoms with Gasteiger partial charge in [0.15, 0.2) is 0 Å². The van der Waals surface area contributed by atoms with Crippen LogP contribution < -0.4 is 0 Å². The maximum atomic E-state index is 8.83. The van der Waals surface area contributed by atoms with Crippen LogP contribution in [-0.2, 0) is 6.54 Å². The van der Waals surface area contributed by atoms with Crippen molar-refractivity contribution in [2.45, 2.75) is 51.6 Å². The smallest absolute Gasteiger partial charge is 0.0764 e. The molecule has 1 heterocycles. The Morgan fingerprint density at radius 2 is 2.21 bits per heavy atom. The summed E-state index contributed by atoms with van der Waals surface area (Å²) in [5.41, 5.74) is 1.11. The number of nitrogens with zero attached hydrogens (tertiary/aromatic N) is 4. The number of rotatable bonds is 5. The van der Waals surface area contributed by atoms with Gasteiger partial charge in [0.05, 0.1) is 23.7 Å².